The van der Waals surface area contributed by atoms with E-state index in [0.717, 1.165) is 41.3 Å². The number of nitrogens with two attached hydrogens (primary N) is 1. The van der Waals surface area contributed by atoms with Crippen molar-refractivity contribution in [1.29, 1.82) is 0 Å². The highest BCUT2D eigenvalue weighted by molar-refractivity contribution is 7.14. The fourth-order valence-corrected chi connectivity index (χ4v) is 4.66. The zero-order chi connectivity index (χ0) is 16.0. The molecule has 6 heteroatoms. The average Bonchev–Trinajstić information content (AvgIpc) is 2.96. The van der Waals surface area contributed by atoms with Crippen molar-refractivity contribution in [3.63, 3.8) is 0 Å². The van der Waals surface area contributed by atoms with Gasteiger partial charge in [0.2, 0.25) is 0 Å². The van der Waals surface area contributed by atoms with Crippen LogP contribution in [0.25, 0.3) is 0 Å². The molecule has 0 fully saturated rings. The molecular weight excluding hydrogens is 308 g/mol. The van der Waals surface area contributed by atoms with Crippen LogP contribution in [0, 0.1) is 5.92 Å². The predicted molar refractivity (Wildman–Crippen MR) is 90.4 cm³/mol. The zero-order valence-corrected chi connectivity index (χ0v) is 14.0. The molecule has 2 aliphatic rings. The third-order valence-electron chi connectivity index (χ3n) is 4.79. The fourth-order valence-electron chi connectivity index (χ4n) is 3.49. The second kappa shape index (κ2) is 5.60. The van der Waals surface area contributed by atoms with Gasteiger partial charge in [0, 0.05) is 24.4 Å². The van der Waals surface area contributed by atoms with E-state index in [1.165, 1.54) is 16.9 Å². The van der Waals surface area contributed by atoms with E-state index in [2.05, 4.69) is 23.2 Å². The van der Waals surface area contributed by atoms with E-state index in [-0.39, 0.29) is 5.91 Å². The normalized spacial score (nSPS) is 20.0. The second-order valence-electron chi connectivity index (χ2n) is 6.62. The van der Waals surface area contributed by atoms with Crippen LogP contribution in [0.5, 0.6) is 0 Å². The minimum atomic E-state index is 0.137. The number of carbonyl (C=O) groups is 1. The quantitative estimate of drug-likeness (QED) is 0.873. The molecule has 3 heterocycles. The lowest BCUT2D eigenvalue weighted by atomic mass is 9.90. The van der Waals surface area contributed by atoms with Crippen molar-refractivity contribution in [2.45, 2.75) is 39.2 Å². The summed E-state index contributed by atoms with van der Waals surface area (Å²) in [6, 6.07) is 3.95. The topological polar surface area (TPSA) is 72.1 Å². The number of rotatable bonds is 1. The minimum absolute atomic E-state index is 0.137. The van der Waals surface area contributed by atoms with Crippen molar-refractivity contribution in [3.8, 4) is 0 Å². The number of nitrogens with zero attached hydrogens (tertiary/aromatic N) is 3. The summed E-state index contributed by atoms with van der Waals surface area (Å²) in [4.78, 5) is 17.0. The van der Waals surface area contributed by atoms with Gasteiger partial charge in [-0.1, -0.05) is 6.92 Å². The number of carbonyl (C=O) groups excluding carboxylic acids is 1. The van der Waals surface area contributed by atoms with E-state index in [0.29, 0.717) is 18.9 Å². The van der Waals surface area contributed by atoms with Gasteiger partial charge in [-0.15, -0.1) is 16.4 Å². The summed E-state index contributed by atoms with van der Waals surface area (Å²) in [6.07, 6.45) is 4.20. The smallest absolute Gasteiger partial charge is 0.264 e. The van der Waals surface area contributed by atoms with Gasteiger partial charge in [-0.05, 0) is 48.4 Å². The molecule has 5 nitrogen and oxygen atoms in total. The van der Waals surface area contributed by atoms with Crippen molar-refractivity contribution >= 4 is 23.1 Å². The van der Waals surface area contributed by atoms with Crippen LogP contribution in [-0.2, 0) is 25.8 Å². The largest absolute Gasteiger partial charge is 0.382 e. The third-order valence-corrected chi connectivity index (χ3v) is 6.01. The van der Waals surface area contributed by atoms with Crippen LogP contribution in [0.1, 0.15) is 44.7 Å². The Hall–Kier alpha value is -1.95. The van der Waals surface area contributed by atoms with Crippen LogP contribution in [0.3, 0.4) is 0 Å². The first-order chi connectivity index (χ1) is 11.1. The highest BCUT2D eigenvalue weighted by Crippen LogP contribution is 2.33. The number of aromatic nitrogens is 2. The lowest BCUT2D eigenvalue weighted by molar-refractivity contribution is 0.0738. The van der Waals surface area contributed by atoms with Crippen LogP contribution in [0.4, 0.5) is 5.82 Å². The highest BCUT2D eigenvalue weighted by Gasteiger charge is 2.26. The van der Waals surface area contributed by atoms with Gasteiger partial charge < -0.3 is 10.6 Å². The molecule has 4 rings (SSSR count). The van der Waals surface area contributed by atoms with Gasteiger partial charge in [-0.3, -0.25) is 4.79 Å². The van der Waals surface area contributed by atoms with Gasteiger partial charge in [-0.2, -0.15) is 5.10 Å². The fraction of sp³-hybridized carbons (Fsp3) is 0.471. The predicted octanol–water partition coefficient (Wildman–Crippen LogP) is 2.44. The Kier molecular flexibility index (Phi) is 3.56. The molecule has 0 radical (unpaired) electrons. The number of fused-ring (bicyclic) bond motifs is 2. The maximum Gasteiger partial charge on any atom is 0.264 e. The molecule has 0 aromatic carbocycles. The number of hydrogen-bond acceptors (Lipinski definition) is 5. The van der Waals surface area contributed by atoms with Gasteiger partial charge in [0.1, 0.15) is 5.82 Å². The molecule has 0 saturated carbocycles. The molecule has 120 valence electrons. The Bertz CT molecular complexity index is 770. The molecule has 0 bridgehead atoms. The molecule has 1 atom stereocenters. The standard InChI is InChI=1S/C17H20N4OS/c1-10-2-3-14-11(6-10)7-15(23-14)17(22)21-5-4-13-12(9-21)8-16(18)20-19-13/h7-8,10H,2-6,9H2,1H3,(H2,18,20)/t10-/m0/s1. The summed E-state index contributed by atoms with van der Waals surface area (Å²) < 4.78 is 0. The molecule has 2 aromatic heterocycles. The molecular formula is C17H20N4OS. The first-order valence-corrected chi connectivity index (χ1v) is 8.93. The van der Waals surface area contributed by atoms with Crippen LogP contribution in [0.15, 0.2) is 12.1 Å². The molecule has 0 saturated heterocycles. The van der Waals surface area contributed by atoms with Crippen molar-refractivity contribution in [3.05, 3.63) is 38.7 Å². The van der Waals surface area contributed by atoms with Crippen molar-refractivity contribution in [2.24, 2.45) is 5.92 Å². The summed E-state index contributed by atoms with van der Waals surface area (Å²) in [6.45, 7) is 3.56. The van der Waals surface area contributed by atoms with Crippen molar-refractivity contribution in [2.75, 3.05) is 12.3 Å². The molecule has 2 N–H and O–H groups in total. The maximum absolute atomic E-state index is 12.9. The number of amides is 1. The molecule has 1 aliphatic heterocycles. The van der Waals surface area contributed by atoms with Crippen molar-refractivity contribution in [1.82, 2.24) is 15.1 Å². The van der Waals surface area contributed by atoms with Gasteiger partial charge >= 0.3 is 0 Å². The summed E-state index contributed by atoms with van der Waals surface area (Å²) in [7, 11) is 0. The second-order valence-corrected chi connectivity index (χ2v) is 7.76. The Balaban J connectivity index is 1.56. The zero-order valence-electron chi connectivity index (χ0n) is 13.2. The van der Waals surface area contributed by atoms with E-state index in [4.69, 9.17) is 5.73 Å². The highest BCUT2D eigenvalue weighted by atomic mass is 32.1. The molecule has 1 amide bonds. The summed E-state index contributed by atoms with van der Waals surface area (Å²) in [5, 5.41) is 8.03. The Morgan fingerprint density at radius 1 is 1.30 bits per heavy atom. The van der Waals surface area contributed by atoms with Crippen LogP contribution in [0.2, 0.25) is 0 Å². The monoisotopic (exact) mass is 328 g/mol. The Morgan fingerprint density at radius 2 is 2.17 bits per heavy atom. The number of aryl methyl sites for hydroxylation is 1. The maximum atomic E-state index is 12.9. The number of nitrogen functional groups attached to an aromatic ring is 1. The summed E-state index contributed by atoms with van der Waals surface area (Å²) in [5.41, 5.74) is 9.08. The van der Waals surface area contributed by atoms with E-state index in [1.54, 1.807) is 11.3 Å². The van der Waals surface area contributed by atoms with E-state index in [1.807, 2.05) is 11.0 Å². The number of thiophene rings is 1. The SMILES string of the molecule is C[C@H]1CCc2sc(C(=O)N3CCc4nnc(N)cc4C3)cc2C1. The lowest BCUT2D eigenvalue weighted by Gasteiger charge is -2.27. The molecule has 1 aliphatic carbocycles. The van der Waals surface area contributed by atoms with Crippen LogP contribution < -0.4 is 5.73 Å². The lowest BCUT2D eigenvalue weighted by Crippen LogP contribution is -2.36. The third kappa shape index (κ3) is 2.72. The van der Waals surface area contributed by atoms with Gasteiger partial charge in [0.15, 0.2) is 0 Å². The van der Waals surface area contributed by atoms with E-state index >= 15 is 0 Å². The Morgan fingerprint density at radius 3 is 3.04 bits per heavy atom. The minimum Gasteiger partial charge on any atom is -0.382 e. The van der Waals surface area contributed by atoms with E-state index in [9.17, 15) is 4.79 Å². The first kappa shape index (κ1) is 14.6. The van der Waals surface area contributed by atoms with Crippen LogP contribution in [-0.4, -0.2) is 27.5 Å². The number of hydrogen-bond donors (Lipinski definition) is 1. The molecule has 2 aromatic rings. The molecule has 0 unspecified atom stereocenters. The molecule has 23 heavy (non-hydrogen) atoms. The van der Waals surface area contributed by atoms with Gasteiger partial charge in [0.05, 0.1) is 10.6 Å². The number of anilines is 1. The first-order valence-electron chi connectivity index (χ1n) is 8.12. The Labute approximate surface area is 139 Å². The molecule has 0 spiro atoms. The van der Waals surface area contributed by atoms with Gasteiger partial charge in [0.25, 0.3) is 5.91 Å². The summed E-state index contributed by atoms with van der Waals surface area (Å²) >= 11 is 1.68. The average molecular weight is 328 g/mol. The van der Waals surface area contributed by atoms with E-state index < -0.39 is 0 Å². The van der Waals surface area contributed by atoms with Gasteiger partial charge in [-0.25, -0.2) is 0 Å². The summed E-state index contributed by atoms with van der Waals surface area (Å²) in [5.74, 6) is 1.28. The van der Waals surface area contributed by atoms with Crippen LogP contribution >= 0.6 is 11.3 Å². The van der Waals surface area contributed by atoms with Crippen molar-refractivity contribution < 1.29 is 4.79 Å².